The lowest BCUT2D eigenvalue weighted by Crippen LogP contribution is -2.52. The average molecular weight is 470 g/mol. The standard InChI is InChI=1S/C26H21N4O3S/c27-33-34(31,32)25-15-7-13-21-23(16-17-24(26(21)25)28-19-10-2-1-3-11-19)30-29-22-14-6-9-18-8-4-5-12-20(18)22/h1-17,28H,27H3/q+2. The molecule has 0 heterocycles. The minimum Gasteiger partial charge on any atom is -0.355 e. The van der Waals surface area contributed by atoms with E-state index in [0.717, 1.165) is 22.1 Å². The van der Waals surface area contributed by atoms with Gasteiger partial charge in [0, 0.05) is 22.5 Å². The summed E-state index contributed by atoms with van der Waals surface area (Å²) in [5, 5.41) is 15.4. The van der Waals surface area contributed by atoms with Gasteiger partial charge in [-0.05, 0) is 39.9 Å². The molecule has 0 aliphatic heterocycles. The number of azo groups is 1. The Bertz CT molecular complexity index is 1570. The highest BCUT2D eigenvalue weighted by molar-refractivity contribution is 7.93. The van der Waals surface area contributed by atoms with E-state index in [0.29, 0.717) is 22.1 Å². The van der Waals surface area contributed by atoms with Crippen LogP contribution in [0.4, 0.5) is 22.7 Å². The Balaban J connectivity index is 1.68. The first-order valence-electron chi connectivity index (χ1n) is 10.5. The molecule has 5 aromatic rings. The van der Waals surface area contributed by atoms with Gasteiger partial charge in [0.2, 0.25) is 4.90 Å². The molecule has 0 fully saturated rings. The molecule has 8 heteroatoms. The summed E-state index contributed by atoms with van der Waals surface area (Å²) >= 11 is 0. The Hall–Kier alpha value is -3.95. The van der Waals surface area contributed by atoms with Gasteiger partial charge >= 0.3 is 10.5 Å². The molecule has 5 rings (SSSR count). The zero-order chi connectivity index (χ0) is 23.5. The largest absolute Gasteiger partial charge is 0.483 e. The highest BCUT2D eigenvalue weighted by Gasteiger charge is 2.40. The van der Waals surface area contributed by atoms with Crippen LogP contribution >= 0.6 is 0 Å². The fourth-order valence-electron chi connectivity index (χ4n) is 3.90. The lowest BCUT2D eigenvalue weighted by atomic mass is 10.1. The van der Waals surface area contributed by atoms with Crippen molar-refractivity contribution in [1.29, 1.82) is 0 Å². The van der Waals surface area contributed by atoms with Crippen LogP contribution in [0.1, 0.15) is 0 Å². The Morgan fingerprint density at radius 1 is 0.706 bits per heavy atom. The molecule has 4 N–H and O–H groups in total. The molecule has 0 aromatic heterocycles. The lowest BCUT2D eigenvalue weighted by molar-refractivity contribution is -0.637. The molecule has 0 bridgehead atoms. The van der Waals surface area contributed by atoms with Gasteiger partial charge in [0.05, 0.1) is 31.3 Å². The third-order valence-electron chi connectivity index (χ3n) is 5.49. The summed E-state index contributed by atoms with van der Waals surface area (Å²) in [5.74, 6) is 3.13. The highest BCUT2D eigenvalue weighted by Crippen LogP contribution is 2.40. The molecule has 0 aliphatic carbocycles. The minimum atomic E-state index is -4.08. The van der Waals surface area contributed by atoms with E-state index in [1.54, 1.807) is 12.1 Å². The zero-order valence-corrected chi connectivity index (χ0v) is 18.9. The Morgan fingerprint density at radius 3 is 2.15 bits per heavy atom. The summed E-state index contributed by atoms with van der Waals surface area (Å²) in [6.45, 7) is 0. The molecule has 1 radical (unpaired) electrons. The number of para-hydroxylation sites is 1. The van der Waals surface area contributed by atoms with Gasteiger partial charge in [0.25, 0.3) is 0 Å². The van der Waals surface area contributed by atoms with Crippen molar-refractivity contribution in [2.45, 2.75) is 4.90 Å². The number of nitrogens with zero attached hydrogens (tertiary/aromatic N) is 2. The fourth-order valence-corrected chi connectivity index (χ4v) is 4.74. The van der Waals surface area contributed by atoms with Crippen LogP contribution in [0.15, 0.2) is 118 Å². The van der Waals surface area contributed by atoms with E-state index >= 15 is 0 Å². The molecular formula is C26H21N4O3S+2. The van der Waals surface area contributed by atoms with Crippen molar-refractivity contribution in [3.63, 3.8) is 0 Å². The first-order valence-corrected chi connectivity index (χ1v) is 11.9. The fraction of sp³-hybridized carbons (Fsp3) is 0. The van der Waals surface area contributed by atoms with Crippen molar-refractivity contribution in [3.05, 3.63) is 103 Å². The maximum Gasteiger partial charge on any atom is 0.483 e. The Labute approximate surface area is 197 Å². The number of hydrogen-bond acceptors (Lipinski definition) is 5. The van der Waals surface area contributed by atoms with Gasteiger partial charge in [-0.15, -0.1) is 10.2 Å². The van der Waals surface area contributed by atoms with Gasteiger partial charge in [-0.25, -0.2) is 0 Å². The van der Waals surface area contributed by atoms with E-state index in [2.05, 4.69) is 25.7 Å². The Kier molecular flexibility index (Phi) is 5.87. The van der Waals surface area contributed by atoms with Crippen molar-refractivity contribution < 1.29 is 18.9 Å². The van der Waals surface area contributed by atoms with Crippen LogP contribution in [-0.2, 0) is 23.5 Å². The first-order chi connectivity index (χ1) is 16.6. The zero-order valence-electron chi connectivity index (χ0n) is 18.0. The molecule has 0 amide bonds. The van der Waals surface area contributed by atoms with Gasteiger partial charge in [-0.2, -0.15) is 5.90 Å². The number of quaternary nitrogens is 1. The average Bonchev–Trinajstić information content (AvgIpc) is 2.88. The molecule has 7 nitrogen and oxygen atoms in total. The molecular weight excluding hydrogens is 448 g/mol. The number of nitrogens with one attached hydrogen (secondary N) is 1. The van der Waals surface area contributed by atoms with Crippen molar-refractivity contribution in [3.8, 4) is 0 Å². The molecule has 0 aliphatic rings. The summed E-state index contributed by atoms with van der Waals surface area (Å²) < 4.78 is 30.0. The third-order valence-corrected chi connectivity index (χ3v) is 6.68. The third kappa shape index (κ3) is 4.18. The van der Waals surface area contributed by atoms with Gasteiger partial charge in [0.15, 0.2) is 0 Å². The van der Waals surface area contributed by atoms with Crippen molar-refractivity contribution >= 4 is 54.8 Å². The van der Waals surface area contributed by atoms with Crippen LogP contribution in [-0.4, -0.2) is 0 Å². The van der Waals surface area contributed by atoms with E-state index in [-0.39, 0.29) is 4.90 Å². The number of fused-ring (bicyclic) bond motifs is 2. The van der Waals surface area contributed by atoms with Crippen LogP contribution < -0.4 is 11.2 Å². The quantitative estimate of drug-likeness (QED) is 0.169. The second-order valence-electron chi connectivity index (χ2n) is 7.57. The molecule has 1 atom stereocenters. The van der Waals surface area contributed by atoms with Crippen LogP contribution in [0, 0.1) is 0 Å². The van der Waals surface area contributed by atoms with E-state index in [9.17, 15) is 8.76 Å². The first kappa shape index (κ1) is 21.9. The Morgan fingerprint density at radius 2 is 1.35 bits per heavy atom. The normalized spacial score (nSPS) is 13.4. The predicted octanol–water partition coefficient (Wildman–Crippen LogP) is 6.44. The number of rotatable bonds is 6. The van der Waals surface area contributed by atoms with E-state index in [1.165, 1.54) is 6.07 Å². The second-order valence-corrected chi connectivity index (χ2v) is 9.16. The van der Waals surface area contributed by atoms with Crippen molar-refractivity contribution in [1.82, 2.24) is 0 Å². The van der Waals surface area contributed by atoms with Crippen LogP contribution in [0.3, 0.4) is 0 Å². The van der Waals surface area contributed by atoms with Crippen molar-refractivity contribution in [2.75, 3.05) is 5.32 Å². The molecule has 1 unspecified atom stereocenters. The van der Waals surface area contributed by atoms with Crippen molar-refractivity contribution in [2.24, 2.45) is 10.2 Å². The monoisotopic (exact) mass is 469 g/mol. The molecule has 167 valence electrons. The number of anilines is 2. The van der Waals surface area contributed by atoms with Gasteiger partial charge in [0.1, 0.15) is 0 Å². The predicted molar refractivity (Wildman–Crippen MR) is 133 cm³/mol. The molecule has 0 saturated carbocycles. The molecule has 34 heavy (non-hydrogen) atoms. The lowest BCUT2D eigenvalue weighted by Gasteiger charge is -2.12. The minimum absolute atomic E-state index is 0.000594. The molecule has 0 spiro atoms. The topological polar surface area (TPSA) is 111 Å². The van der Waals surface area contributed by atoms with Crippen LogP contribution in [0.2, 0.25) is 0 Å². The second kappa shape index (κ2) is 9.12. The van der Waals surface area contributed by atoms with Gasteiger partial charge < -0.3 is 5.32 Å². The molecule has 5 aromatic carbocycles. The smallest absolute Gasteiger partial charge is 0.355 e. The molecule has 0 saturated heterocycles. The summed E-state index contributed by atoms with van der Waals surface area (Å²) in [6.07, 6.45) is 0. The van der Waals surface area contributed by atoms with Crippen LogP contribution in [0.25, 0.3) is 21.5 Å². The van der Waals surface area contributed by atoms with E-state index < -0.39 is 10.5 Å². The summed E-state index contributed by atoms with van der Waals surface area (Å²) in [7, 11) is -4.08. The number of hydrogen-bond donors (Lipinski definition) is 2. The van der Waals surface area contributed by atoms with E-state index in [4.69, 9.17) is 0 Å². The summed E-state index contributed by atoms with van der Waals surface area (Å²) in [4.78, 5) is 0.000594. The van der Waals surface area contributed by atoms with Gasteiger partial charge in [-0.1, -0.05) is 66.7 Å². The highest BCUT2D eigenvalue weighted by atomic mass is 32.3. The maximum absolute atomic E-state index is 12.7. The van der Waals surface area contributed by atoms with Gasteiger partial charge in [-0.3, -0.25) is 0 Å². The maximum atomic E-state index is 12.7. The summed E-state index contributed by atoms with van der Waals surface area (Å²) in [5.41, 5.74) is 2.67. The summed E-state index contributed by atoms with van der Waals surface area (Å²) in [6, 6.07) is 31.8. The van der Waals surface area contributed by atoms with Crippen LogP contribution in [0.5, 0.6) is 0 Å². The SMILES string of the molecule is [NH3+]O[S+]([O])(=O)c1cccc2c(N=Nc3cccc4ccccc34)ccc(Nc3ccccc3)c12. The number of benzene rings is 5. The van der Waals surface area contributed by atoms with E-state index in [1.807, 2.05) is 84.9 Å².